The van der Waals surface area contributed by atoms with Crippen LogP contribution in [0.15, 0.2) is 55.4 Å². The van der Waals surface area contributed by atoms with Gasteiger partial charge >= 0.3 is 25.7 Å². The third kappa shape index (κ3) is 9.88. The fourth-order valence-corrected chi connectivity index (χ4v) is 6.17. The molecule has 1 unspecified atom stereocenters. The number of ether oxygens (including phenoxy) is 5. The molecule has 4 rings (SSSR count). The second kappa shape index (κ2) is 16.7. The van der Waals surface area contributed by atoms with Crippen LogP contribution < -0.4 is 14.3 Å². The van der Waals surface area contributed by atoms with Gasteiger partial charge in [0, 0.05) is 12.4 Å². The van der Waals surface area contributed by atoms with Crippen LogP contribution in [0, 0.1) is 11.8 Å². The number of hydrogen-bond acceptors (Lipinski definition) is 14. The van der Waals surface area contributed by atoms with Gasteiger partial charge in [-0.2, -0.15) is 5.09 Å². The van der Waals surface area contributed by atoms with E-state index in [9.17, 15) is 18.9 Å². The zero-order chi connectivity index (χ0) is 37.5. The van der Waals surface area contributed by atoms with Gasteiger partial charge in [-0.05, 0) is 32.9 Å². The maximum atomic E-state index is 17.4. The van der Waals surface area contributed by atoms with Crippen molar-refractivity contribution in [3.63, 3.8) is 0 Å². The lowest BCUT2D eigenvalue weighted by Gasteiger charge is -2.30. The topological polar surface area (TPSA) is 189 Å². The first-order chi connectivity index (χ1) is 24.1. The molecule has 0 amide bonds. The normalized spacial score (nSPS) is 22.0. The van der Waals surface area contributed by atoms with Gasteiger partial charge in [0.15, 0.2) is 12.3 Å². The van der Waals surface area contributed by atoms with E-state index < -0.39 is 80.5 Å². The second-order valence-corrected chi connectivity index (χ2v) is 14.2. The molecule has 0 bridgehead atoms. The molecule has 18 heteroatoms. The Morgan fingerprint density at radius 1 is 1.00 bits per heavy atom. The third-order valence-electron chi connectivity index (χ3n) is 7.26. The number of methoxy groups -OCH3 is 1. The minimum absolute atomic E-state index is 0.0636. The number of esters is 3. The summed E-state index contributed by atoms with van der Waals surface area (Å²) in [5, 5.41) is 2.48. The van der Waals surface area contributed by atoms with Crippen molar-refractivity contribution in [3.8, 4) is 22.9 Å². The van der Waals surface area contributed by atoms with Gasteiger partial charge in [-0.1, -0.05) is 45.9 Å². The van der Waals surface area contributed by atoms with Gasteiger partial charge in [0.2, 0.25) is 12.0 Å². The highest BCUT2D eigenvalue weighted by atomic mass is 31.2. The Labute approximate surface area is 294 Å². The lowest BCUT2D eigenvalue weighted by molar-refractivity contribution is -0.216. The molecule has 1 saturated heterocycles. The third-order valence-corrected chi connectivity index (χ3v) is 8.88. The van der Waals surface area contributed by atoms with E-state index in [4.69, 9.17) is 32.7 Å². The van der Waals surface area contributed by atoms with Crippen LogP contribution in [0.5, 0.6) is 11.6 Å². The summed E-state index contributed by atoms with van der Waals surface area (Å²) in [6.45, 7) is 9.64. The molecule has 278 valence electrons. The van der Waals surface area contributed by atoms with Crippen LogP contribution in [0.2, 0.25) is 0 Å². The number of carbonyl (C=O) groups is 3. The predicted molar refractivity (Wildman–Crippen MR) is 178 cm³/mol. The first-order valence-electron chi connectivity index (χ1n) is 16.2. The summed E-state index contributed by atoms with van der Waals surface area (Å²) in [6, 6.07) is 6.59. The molecule has 1 aromatic carbocycles. The van der Waals surface area contributed by atoms with Gasteiger partial charge in [0.25, 0.3) is 5.85 Å². The van der Waals surface area contributed by atoms with Crippen molar-refractivity contribution >= 4 is 25.7 Å². The largest absolute Gasteiger partial charge is 0.480 e. The van der Waals surface area contributed by atoms with E-state index in [0.717, 1.165) is 0 Å². The number of nitrogens with zero attached hydrogens (tertiary/aromatic N) is 4. The van der Waals surface area contributed by atoms with Gasteiger partial charge in [-0.15, -0.1) is 0 Å². The Balaban J connectivity index is 1.74. The number of alkyl halides is 1. The highest BCUT2D eigenvalue weighted by molar-refractivity contribution is 7.52. The first kappa shape index (κ1) is 39.3. The number of imidazole rings is 1. The van der Waals surface area contributed by atoms with Crippen molar-refractivity contribution in [2.75, 3.05) is 13.7 Å². The number of aromatic nitrogens is 4. The Bertz CT molecular complexity index is 1710. The van der Waals surface area contributed by atoms with Crippen molar-refractivity contribution in [3.05, 3.63) is 55.4 Å². The molecule has 2 aromatic heterocycles. The van der Waals surface area contributed by atoms with Gasteiger partial charge in [-0.25, -0.2) is 23.9 Å². The van der Waals surface area contributed by atoms with E-state index in [1.54, 1.807) is 45.9 Å². The molecule has 51 heavy (non-hydrogen) atoms. The molecule has 1 fully saturated rings. The van der Waals surface area contributed by atoms with Crippen LogP contribution >= 0.6 is 7.75 Å². The lowest BCUT2D eigenvalue weighted by atomic mass is 10.1. The number of carbonyl (C=O) groups excluding carboxylic acids is 3. The van der Waals surface area contributed by atoms with Gasteiger partial charge in [0.1, 0.15) is 24.7 Å². The molecular weight excluding hydrogens is 692 g/mol. The summed E-state index contributed by atoms with van der Waals surface area (Å²) < 4.78 is 72.0. The quantitative estimate of drug-likeness (QED) is 0.120. The Kier molecular flexibility index (Phi) is 12.9. The highest BCUT2D eigenvalue weighted by Crippen LogP contribution is 2.49. The molecule has 0 radical (unpaired) electrons. The summed E-state index contributed by atoms with van der Waals surface area (Å²) >= 11 is 0. The van der Waals surface area contributed by atoms with Crippen LogP contribution in [0.1, 0.15) is 54.7 Å². The lowest BCUT2D eigenvalue weighted by Crippen LogP contribution is -2.48. The van der Waals surface area contributed by atoms with E-state index in [0.29, 0.717) is 11.3 Å². The van der Waals surface area contributed by atoms with E-state index in [1.165, 1.54) is 69.6 Å². The number of para-hydroxylation sites is 1. The average Bonchev–Trinajstić information content (AvgIpc) is 3.67. The fraction of sp³-hybridized carbons (Fsp3) is 0.515. The zero-order valence-corrected chi connectivity index (χ0v) is 30.4. The molecule has 3 heterocycles. The van der Waals surface area contributed by atoms with Gasteiger partial charge in [-0.3, -0.25) is 18.9 Å². The van der Waals surface area contributed by atoms with Crippen molar-refractivity contribution in [1.29, 1.82) is 0 Å². The molecule has 1 aliphatic rings. The number of rotatable bonds is 16. The average molecular weight is 736 g/mol. The van der Waals surface area contributed by atoms with Crippen molar-refractivity contribution < 1.29 is 56.1 Å². The van der Waals surface area contributed by atoms with E-state index in [1.807, 2.05) is 0 Å². The first-order valence-corrected chi connectivity index (χ1v) is 17.7. The van der Waals surface area contributed by atoms with Gasteiger partial charge in [0.05, 0.1) is 42.6 Å². The number of hydrogen-bond donors (Lipinski definition) is 1. The van der Waals surface area contributed by atoms with Crippen molar-refractivity contribution in [2.45, 2.75) is 84.9 Å². The zero-order valence-electron chi connectivity index (χ0n) is 29.5. The molecule has 3 aromatic rings. The maximum absolute atomic E-state index is 17.4. The van der Waals surface area contributed by atoms with Crippen LogP contribution in [0.25, 0.3) is 11.3 Å². The second-order valence-electron chi connectivity index (χ2n) is 12.5. The minimum atomic E-state index is -4.64. The maximum Gasteiger partial charge on any atom is 0.459 e. The Morgan fingerprint density at radius 3 is 2.29 bits per heavy atom. The molecule has 0 spiro atoms. The Morgan fingerprint density at radius 2 is 1.67 bits per heavy atom. The Hall–Kier alpha value is -4.44. The van der Waals surface area contributed by atoms with Crippen LogP contribution in [0.4, 0.5) is 4.39 Å². The molecule has 0 saturated carbocycles. The van der Waals surface area contributed by atoms with Crippen molar-refractivity contribution in [2.24, 2.45) is 11.8 Å². The number of halogens is 1. The molecule has 1 N–H and O–H groups in total. The molecular formula is C33H43FN5O11P. The van der Waals surface area contributed by atoms with Crippen LogP contribution in [0.3, 0.4) is 0 Å². The number of benzene rings is 1. The predicted octanol–water partition coefficient (Wildman–Crippen LogP) is 4.81. The van der Waals surface area contributed by atoms with Gasteiger partial charge < -0.3 is 32.8 Å². The van der Waals surface area contributed by atoms with Crippen molar-refractivity contribution in [1.82, 2.24) is 24.6 Å². The summed E-state index contributed by atoms with van der Waals surface area (Å²) in [4.78, 5) is 51.1. The fourth-order valence-electron chi connectivity index (χ4n) is 4.66. The van der Waals surface area contributed by atoms with Crippen LogP contribution in [-0.4, -0.2) is 81.4 Å². The summed E-state index contributed by atoms with van der Waals surface area (Å²) in [5.74, 6) is -6.63. The smallest absolute Gasteiger partial charge is 0.459 e. The molecule has 1 aliphatic heterocycles. The molecule has 6 atom stereocenters. The van der Waals surface area contributed by atoms with E-state index in [2.05, 4.69) is 20.0 Å². The molecule has 0 aliphatic carbocycles. The SMILES string of the molecule is COc1ncncc1-c1cn([C@@H]2O[C@](F)(CO[P@@](=O)(N[C@@H](C)C(=O)OC(C)C)Oc3ccccc3)C(OC(=O)C(C)C)[C@@H]2OC(=O)C(C)C)cn1. The monoisotopic (exact) mass is 735 g/mol. The highest BCUT2D eigenvalue weighted by Gasteiger charge is 2.62. The summed E-state index contributed by atoms with van der Waals surface area (Å²) in [7, 11) is -3.22. The minimum Gasteiger partial charge on any atom is -0.480 e. The number of nitrogens with one attached hydrogen (secondary N) is 1. The molecule has 16 nitrogen and oxygen atoms in total. The van der Waals surface area contributed by atoms with E-state index in [-0.39, 0.29) is 11.6 Å². The van der Waals surface area contributed by atoms with Crippen LogP contribution in [-0.2, 0) is 42.4 Å². The standard InChI is InChI=1S/C33H43FN5O11P/c1-19(2)30(40)47-26-27(48-31(41)20(3)4)33(34,49-29(26)39-15-25(37-18-39)24-14-35-17-36-28(24)44-8)16-45-51(43,50-23-12-10-9-11-13-23)38-22(7)32(42)46-21(5)6/h9-15,17-22,26-27,29H,16H2,1-8H3,(H,38,43)/t22-,26-,27?,29+,33+,51-/m0/s1. The summed E-state index contributed by atoms with van der Waals surface area (Å²) in [5.41, 5.74) is 0.681. The summed E-state index contributed by atoms with van der Waals surface area (Å²) in [6.07, 6.45) is -0.0632. The van der Waals surface area contributed by atoms with E-state index >= 15 is 4.39 Å².